The Labute approximate surface area is 153 Å². The number of anilines is 1. The van der Waals surface area contributed by atoms with Gasteiger partial charge in [-0.25, -0.2) is 4.39 Å². The Kier molecular flexibility index (Phi) is 5.35. The second-order valence-corrected chi connectivity index (χ2v) is 6.84. The fourth-order valence-corrected chi connectivity index (χ4v) is 3.15. The highest BCUT2D eigenvalue weighted by Crippen LogP contribution is 2.26. The van der Waals surface area contributed by atoms with Gasteiger partial charge >= 0.3 is 0 Å². The van der Waals surface area contributed by atoms with E-state index in [1.807, 2.05) is 32.0 Å². The molecule has 0 bridgehead atoms. The molecule has 3 rings (SSSR count). The Bertz CT molecular complexity index is 817. The van der Waals surface area contributed by atoms with Crippen molar-refractivity contribution >= 4 is 17.5 Å². The molecule has 0 saturated carbocycles. The summed E-state index contributed by atoms with van der Waals surface area (Å²) < 4.78 is 12.9. The van der Waals surface area contributed by atoms with E-state index in [0.29, 0.717) is 19.5 Å². The molecule has 136 valence electrons. The fraction of sp³-hybridized carbons (Fsp3) is 0.333. The van der Waals surface area contributed by atoms with Gasteiger partial charge in [0, 0.05) is 25.2 Å². The quantitative estimate of drug-likeness (QED) is 0.897. The number of hydrogen-bond donors (Lipinski definition) is 1. The van der Waals surface area contributed by atoms with Crippen LogP contribution in [0.2, 0.25) is 0 Å². The number of carbonyl (C=O) groups is 2. The largest absolute Gasteiger partial charge is 0.355 e. The van der Waals surface area contributed by atoms with Crippen molar-refractivity contribution in [3.63, 3.8) is 0 Å². The second-order valence-electron chi connectivity index (χ2n) is 6.84. The van der Waals surface area contributed by atoms with Gasteiger partial charge in [0.2, 0.25) is 11.8 Å². The highest BCUT2D eigenvalue weighted by Gasteiger charge is 2.35. The van der Waals surface area contributed by atoms with Crippen molar-refractivity contribution in [3.05, 3.63) is 65.0 Å². The summed E-state index contributed by atoms with van der Waals surface area (Å²) in [6, 6.07) is 12.2. The number of rotatable bonds is 5. The summed E-state index contributed by atoms with van der Waals surface area (Å²) in [4.78, 5) is 26.4. The molecule has 2 aromatic carbocycles. The number of aryl methyl sites for hydroxylation is 2. The lowest BCUT2D eigenvalue weighted by atomic mass is 10.1. The highest BCUT2D eigenvalue weighted by molar-refractivity contribution is 6.00. The standard InChI is InChI=1S/C21H23FN2O2/c1-14-3-8-19(11-15(14)2)24-13-17(12-20(24)25)21(26)23-10-9-16-4-6-18(22)7-5-16/h3-8,11,17H,9-10,12-13H2,1-2H3,(H,23,26)/t17-/m1/s1. The molecule has 1 heterocycles. The molecule has 1 aliphatic heterocycles. The molecule has 0 unspecified atom stereocenters. The number of carbonyl (C=O) groups excluding carboxylic acids is 2. The molecule has 1 saturated heterocycles. The number of amides is 2. The van der Waals surface area contributed by atoms with Gasteiger partial charge in [-0.1, -0.05) is 18.2 Å². The number of halogens is 1. The van der Waals surface area contributed by atoms with Gasteiger partial charge in [0.1, 0.15) is 5.82 Å². The zero-order valence-corrected chi connectivity index (χ0v) is 15.1. The molecule has 2 aromatic rings. The topological polar surface area (TPSA) is 49.4 Å². The van der Waals surface area contributed by atoms with E-state index in [0.717, 1.165) is 16.8 Å². The van der Waals surface area contributed by atoms with Crippen LogP contribution in [0.25, 0.3) is 0 Å². The van der Waals surface area contributed by atoms with Crippen LogP contribution >= 0.6 is 0 Å². The highest BCUT2D eigenvalue weighted by atomic mass is 19.1. The Morgan fingerprint density at radius 3 is 2.58 bits per heavy atom. The van der Waals surface area contributed by atoms with Crippen LogP contribution in [-0.4, -0.2) is 24.9 Å². The molecular formula is C21H23FN2O2. The number of benzene rings is 2. The van der Waals surface area contributed by atoms with E-state index in [1.54, 1.807) is 17.0 Å². The Hall–Kier alpha value is -2.69. The normalized spacial score (nSPS) is 16.8. The molecule has 0 radical (unpaired) electrons. The average Bonchev–Trinajstić information content (AvgIpc) is 3.01. The lowest BCUT2D eigenvalue weighted by Crippen LogP contribution is -2.34. The summed E-state index contributed by atoms with van der Waals surface area (Å²) in [5.74, 6) is -0.732. The molecule has 0 spiro atoms. The van der Waals surface area contributed by atoms with Gasteiger partial charge in [0.15, 0.2) is 0 Å². The van der Waals surface area contributed by atoms with E-state index >= 15 is 0 Å². The van der Waals surface area contributed by atoms with Gasteiger partial charge in [-0.3, -0.25) is 9.59 Å². The van der Waals surface area contributed by atoms with Crippen molar-refractivity contribution in [2.45, 2.75) is 26.7 Å². The lowest BCUT2D eigenvalue weighted by molar-refractivity contribution is -0.126. The molecule has 26 heavy (non-hydrogen) atoms. The molecule has 4 nitrogen and oxygen atoms in total. The van der Waals surface area contributed by atoms with Crippen LogP contribution in [0, 0.1) is 25.6 Å². The van der Waals surface area contributed by atoms with Crippen molar-refractivity contribution in [1.82, 2.24) is 5.32 Å². The SMILES string of the molecule is Cc1ccc(N2C[C@H](C(=O)NCCc3ccc(F)cc3)CC2=O)cc1C. The van der Waals surface area contributed by atoms with Crippen molar-refractivity contribution in [1.29, 1.82) is 0 Å². The van der Waals surface area contributed by atoms with Crippen LogP contribution in [0.4, 0.5) is 10.1 Å². The summed E-state index contributed by atoms with van der Waals surface area (Å²) in [6.45, 7) is 4.92. The first-order valence-electron chi connectivity index (χ1n) is 8.84. The maximum absolute atomic E-state index is 12.9. The van der Waals surface area contributed by atoms with Crippen LogP contribution < -0.4 is 10.2 Å². The Balaban J connectivity index is 1.54. The number of hydrogen-bond acceptors (Lipinski definition) is 2. The Morgan fingerprint density at radius 1 is 1.15 bits per heavy atom. The second kappa shape index (κ2) is 7.68. The summed E-state index contributed by atoms with van der Waals surface area (Å²) in [5, 5.41) is 2.89. The predicted octanol–water partition coefficient (Wildman–Crippen LogP) is 3.15. The van der Waals surface area contributed by atoms with E-state index in [2.05, 4.69) is 5.32 Å². The first kappa shape index (κ1) is 18.1. The molecule has 0 aliphatic carbocycles. The number of nitrogens with zero attached hydrogens (tertiary/aromatic N) is 1. The third-order valence-corrected chi connectivity index (χ3v) is 4.92. The fourth-order valence-electron chi connectivity index (χ4n) is 3.15. The zero-order chi connectivity index (χ0) is 18.7. The van der Waals surface area contributed by atoms with Gasteiger partial charge in [-0.2, -0.15) is 0 Å². The summed E-state index contributed by atoms with van der Waals surface area (Å²) >= 11 is 0. The van der Waals surface area contributed by atoms with E-state index in [9.17, 15) is 14.0 Å². The maximum atomic E-state index is 12.9. The summed E-state index contributed by atoms with van der Waals surface area (Å²) in [5.41, 5.74) is 4.11. The van der Waals surface area contributed by atoms with Crippen molar-refractivity contribution < 1.29 is 14.0 Å². The minimum Gasteiger partial charge on any atom is -0.355 e. The number of nitrogens with one attached hydrogen (secondary N) is 1. The van der Waals surface area contributed by atoms with Crippen LogP contribution in [0.15, 0.2) is 42.5 Å². The molecule has 1 aliphatic rings. The zero-order valence-electron chi connectivity index (χ0n) is 15.1. The first-order chi connectivity index (χ1) is 12.4. The van der Waals surface area contributed by atoms with Crippen LogP contribution in [0.5, 0.6) is 0 Å². The molecule has 1 fully saturated rings. The van der Waals surface area contributed by atoms with E-state index in [4.69, 9.17) is 0 Å². The minimum absolute atomic E-state index is 0.0214. The van der Waals surface area contributed by atoms with Crippen molar-refractivity contribution in [2.24, 2.45) is 5.92 Å². The van der Waals surface area contributed by atoms with Gasteiger partial charge in [0.05, 0.1) is 5.92 Å². The average molecular weight is 354 g/mol. The summed E-state index contributed by atoms with van der Waals surface area (Å²) in [6.07, 6.45) is 0.864. The molecule has 2 amide bonds. The van der Waals surface area contributed by atoms with E-state index in [1.165, 1.54) is 17.7 Å². The van der Waals surface area contributed by atoms with Crippen LogP contribution in [0.3, 0.4) is 0 Å². The van der Waals surface area contributed by atoms with Crippen molar-refractivity contribution in [3.8, 4) is 0 Å². The van der Waals surface area contributed by atoms with Gasteiger partial charge in [-0.05, 0) is 61.2 Å². The third-order valence-electron chi connectivity index (χ3n) is 4.92. The third kappa shape index (κ3) is 4.10. The molecule has 0 aromatic heterocycles. The molecule has 1 atom stereocenters. The van der Waals surface area contributed by atoms with Gasteiger partial charge in [0.25, 0.3) is 0 Å². The van der Waals surface area contributed by atoms with Crippen molar-refractivity contribution in [2.75, 3.05) is 18.0 Å². The molecular weight excluding hydrogens is 331 g/mol. The van der Waals surface area contributed by atoms with E-state index < -0.39 is 0 Å². The Morgan fingerprint density at radius 2 is 1.88 bits per heavy atom. The lowest BCUT2D eigenvalue weighted by Gasteiger charge is -2.18. The predicted molar refractivity (Wildman–Crippen MR) is 99.5 cm³/mol. The summed E-state index contributed by atoms with van der Waals surface area (Å²) in [7, 11) is 0. The molecule has 5 heteroatoms. The van der Waals surface area contributed by atoms with Gasteiger partial charge < -0.3 is 10.2 Å². The monoisotopic (exact) mass is 354 g/mol. The maximum Gasteiger partial charge on any atom is 0.227 e. The minimum atomic E-state index is -0.336. The van der Waals surface area contributed by atoms with Crippen LogP contribution in [-0.2, 0) is 16.0 Å². The first-order valence-corrected chi connectivity index (χ1v) is 8.84. The molecule has 1 N–H and O–H groups in total. The van der Waals surface area contributed by atoms with E-state index in [-0.39, 0.29) is 30.0 Å². The van der Waals surface area contributed by atoms with Crippen LogP contribution in [0.1, 0.15) is 23.1 Å². The van der Waals surface area contributed by atoms with Gasteiger partial charge in [-0.15, -0.1) is 0 Å². The smallest absolute Gasteiger partial charge is 0.227 e.